The molecule has 1 unspecified atom stereocenters. The van der Waals surface area contributed by atoms with Gasteiger partial charge in [0.2, 0.25) is 5.91 Å². The largest absolute Gasteiger partial charge is 0.356 e. The second-order valence-corrected chi connectivity index (χ2v) is 10.9. The minimum absolute atomic E-state index is 0.0396. The van der Waals surface area contributed by atoms with E-state index in [1.807, 2.05) is 13.0 Å². The minimum Gasteiger partial charge on any atom is -0.356 e. The molecular weight excluding hydrogens is 396 g/mol. The molecule has 7 nitrogen and oxygen atoms in total. The predicted molar refractivity (Wildman–Crippen MR) is 111 cm³/mol. The molecule has 1 aliphatic heterocycles. The molecule has 0 aromatic carbocycles. The maximum absolute atomic E-state index is 13.1. The molecule has 3 rings (SSSR count). The molecule has 1 amide bonds. The fraction of sp³-hybridized carbons (Fsp3) is 0.737. The Kier molecular flexibility index (Phi) is 7.49. The molecular formula is C19H32N4O3S2. The van der Waals surface area contributed by atoms with Crippen molar-refractivity contribution in [3.05, 3.63) is 17.0 Å². The Hall–Kier alpha value is -1.00. The Morgan fingerprint density at radius 2 is 2.00 bits per heavy atom. The van der Waals surface area contributed by atoms with Crippen molar-refractivity contribution < 1.29 is 13.2 Å². The second-order valence-electron chi connectivity index (χ2n) is 7.63. The normalized spacial score (nSPS) is 22.6. The maximum Gasteiger partial charge on any atom is 0.255 e. The predicted octanol–water partition coefficient (Wildman–Crippen LogP) is 2.09. The van der Waals surface area contributed by atoms with Crippen LogP contribution in [0.3, 0.4) is 0 Å². The first-order chi connectivity index (χ1) is 13.4. The van der Waals surface area contributed by atoms with Crippen LogP contribution < -0.4 is 11.1 Å². The molecule has 1 aromatic rings. The van der Waals surface area contributed by atoms with Gasteiger partial charge in [-0.2, -0.15) is 4.31 Å². The first-order valence-corrected chi connectivity index (χ1v) is 12.6. The summed E-state index contributed by atoms with van der Waals surface area (Å²) >= 11 is 1.28. The fourth-order valence-corrected chi connectivity index (χ4v) is 7.07. The summed E-state index contributed by atoms with van der Waals surface area (Å²) in [7, 11) is -3.59. The highest BCUT2D eigenvalue weighted by molar-refractivity contribution is 7.91. The van der Waals surface area contributed by atoms with Crippen molar-refractivity contribution in [3.63, 3.8) is 0 Å². The lowest BCUT2D eigenvalue weighted by molar-refractivity contribution is -0.121. The molecule has 1 aliphatic carbocycles. The van der Waals surface area contributed by atoms with Crippen LogP contribution in [0, 0.1) is 0 Å². The van der Waals surface area contributed by atoms with Crippen LogP contribution in [0.1, 0.15) is 56.7 Å². The summed E-state index contributed by atoms with van der Waals surface area (Å²) in [5.41, 5.74) is 6.36. The number of amides is 1. The van der Waals surface area contributed by atoms with E-state index in [9.17, 15) is 13.2 Å². The number of rotatable bonds is 8. The number of nitrogens with one attached hydrogen (secondary N) is 1. The van der Waals surface area contributed by atoms with Crippen LogP contribution >= 0.6 is 11.3 Å². The second kappa shape index (κ2) is 9.67. The van der Waals surface area contributed by atoms with Gasteiger partial charge in [-0.3, -0.25) is 9.69 Å². The summed E-state index contributed by atoms with van der Waals surface area (Å²) < 4.78 is 28.0. The monoisotopic (exact) mass is 428 g/mol. The Labute approximate surface area is 172 Å². The molecule has 3 N–H and O–H groups in total. The molecule has 158 valence electrons. The van der Waals surface area contributed by atoms with Gasteiger partial charge in [0.05, 0.1) is 0 Å². The molecule has 1 atom stereocenters. The lowest BCUT2D eigenvalue weighted by atomic mass is 9.94. The van der Waals surface area contributed by atoms with Crippen LogP contribution in [0.2, 0.25) is 0 Å². The molecule has 2 fully saturated rings. The summed E-state index contributed by atoms with van der Waals surface area (Å²) in [6.45, 7) is 3.64. The average Bonchev–Trinajstić information content (AvgIpc) is 3.30. The quantitative estimate of drug-likeness (QED) is 0.661. The fourth-order valence-electron chi connectivity index (χ4n) is 4.10. The van der Waals surface area contributed by atoms with Gasteiger partial charge in [-0.05, 0) is 37.8 Å². The van der Waals surface area contributed by atoms with Gasteiger partial charge in [0.1, 0.15) is 10.5 Å². The number of thiophene rings is 1. The number of carbonyl (C=O) groups is 1. The van der Waals surface area contributed by atoms with Crippen molar-refractivity contribution in [2.24, 2.45) is 5.73 Å². The minimum atomic E-state index is -3.59. The first-order valence-electron chi connectivity index (χ1n) is 10.3. The SMILES string of the molecule is CCCC(=O)NCCc1ccc(S(=O)(=O)N2CCN(C3CCCCC3)C2N)s1. The van der Waals surface area contributed by atoms with E-state index >= 15 is 0 Å². The molecule has 28 heavy (non-hydrogen) atoms. The topological polar surface area (TPSA) is 95.7 Å². The standard InChI is InChI=1S/C19H32N4O3S2/c1-2-6-17(24)21-12-11-16-9-10-18(27-16)28(25,26)23-14-13-22(19(23)20)15-7-4-3-5-8-15/h9-10,15,19H,2-8,11-14,20H2,1H3,(H,21,24). The molecule has 1 saturated carbocycles. The van der Waals surface area contributed by atoms with Crippen molar-refractivity contribution in [1.29, 1.82) is 0 Å². The van der Waals surface area contributed by atoms with Gasteiger partial charge in [0.25, 0.3) is 10.0 Å². The molecule has 2 aliphatic rings. The van der Waals surface area contributed by atoms with Crippen molar-refractivity contribution in [3.8, 4) is 0 Å². The van der Waals surface area contributed by atoms with Gasteiger partial charge in [0.15, 0.2) is 0 Å². The Balaban J connectivity index is 1.60. The average molecular weight is 429 g/mol. The van der Waals surface area contributed by atoms with Crippen molar-refractivity contribution >= 4 is 27.3 Å². The number of carbonyl (C=O) groups excluding carboxylic acids is 1. The zero-order valence-corrected chi connectivity index (χ0v) is 18.2. The van der Waals surface area contributed by atoms with Crippen LogP contribution in [-0.4, -0.2) is 55.5 Å². The van der Waals surface area contributed by atoms with E-state index in [1.54, 1.807) is 6.07 Å². The van der Waals surface area contributed by atoms with Crippen molar-refractivity contribution in [2.75, 3.05) is 19.6 Å². The van der Waals surface area contributed by atoms with Gasteiger partial charge >= 0.3 is 0 Å². The summed E-state index contributed by atoms with van der Waals surface area (Å²) in [6.07, 6.45) is 7.27. The van der Waals surface area contributed by atoms with Crippen LogP contribution in [0.15, 0.2) is 16.3 Å². The zero-order valence-electron chi connectivity index (χ0n) is 16.6. The third kappa shape index (κ3) is 4.94. The highest BCUT2D eigenvalue weighted by Crippen LogP contribution is 2.31. The lowest BCUT2D eigenvalue weighted by Crippen LogP contribution is -2.52. The molecule has 0 radical (unpaired) electrons. The third-order valence-electron chi connectivity index (χ3n) is 5.63. The number of nitrogens with two attached hydrogens (primary N) is 1. The third-order valence-corrected chi connectivity index (χ3v) is 9.11. The van der Waals surface area contributed by atoms with E-state index < -0.39 is 16.3 Å². The Morgan fingerprint density at radius 1 is 1.25 bits per heavy atom. The summed E-state index contributed by atoms with van der Waals surface area (Å²) in [6, 6.07) is 3.90. The van der Waals surface area contributed by atoms with Crippen LogP contribution in [0.5, 0.6) is 0 Å². The summed E-state index contributed by atoms with van der Waals surface area (Å²) in [4.78, 5) is 14.7. The van der Waals surface area contributed by atoms with E-state index in [-0.39, 0.29) is 5.91 Å². The Morgan fingerprint density at radius 3 is 2.71 bits per heavy atom. The maximum atomic E-state index is 13.1. The van der Waals surface area contributed by atoms with Gasteiger partial charge in [0, 0.05) is 37.0 Å². The number of sulfonamides is 1. The van der Waals surface area contributed by atoms with E-state index in [4.69, 9.17) is 5.73 Å². The molecule has 0 bridgehead atoms. The number of hydrogen-bond acceptors (Lipinski definition) is 6. The summed E-state index contributed by atoms with van der Waals surface area (Å²) in [5.74, 6) is 0.0396. The molecule has 1 aromatic heterocycles. The van der Waals surface area contributed by atoms with Crippen molar-refractivity contribution in [1.82, 2.24) is 14.5 Å². The Bertz CT molecular complexity index is 759. The highest BCUT2D eigenvalue weighted by atomic mass is 32.2. The van der Waals surface area contributed by atoms with E-state index in [1.165, 1.54) is 34.9 Å². The van der Waals surface area contributed by atoms with E-state index in [0.29, 0.717) is 42.7 Å². The van der Waals surface area contributed by atoms with Crippen LogP contribution in [0.4, 0.5) is 0 Å². The van der Waals surface area contributed by atoms with Crippen LogP contribution in [0.25, 0.3) is 0 Å². The first kappa shape index (κ1) is 21.7. The molecule has 1 saturated heterocycles. The molecule has 0 spiro atoms. The number of hydrogen-bond donors (Lipinski definition) is 2. The van der Waals surface area contributed by atoms with Gasteiger partial charge in [-0.15, -0.1) is 11.3 Å². The zero-order chi connectivity index (χ0) is 20.1. The smallest absolute Gasteiger partial charge is 0.255 e. The van der Waals surface area contributed by atoms with Crippen molar-refractivity contribution in [2.45, 2.75) is 74.8 Å². The lowest BCUT2D eigenvalue weighted by Gasteiger charge is -2.34. The van der Waals surface area contributed by atoms with E-state index in [2.05, 4.69) is 10.2 Å². The molecule has 9 heteroatoms. The van der Waals surface area contributed by atoms with Gasteiger partial charge in [-0.1, -0.05) is 26.2 Å². The van der Waals surface area contributed by atoms with Gasteiger partial charge < -0.3 is 11.1 Å². The number of nitrogens with zero attached hydrogens (tertiary/aromatic N) is 2. The van der Waals surface area contributed by atoms with Gasteiger partial charge in [-0.25, -0.2) is 8.42 Å². The summed E-state index contributed by atoms with van der Waals surface area (Å²) in [5, 5.41) is 2.87. The van der Waals surface area contributed by atoms with E-state index in [0.717, 1.165) is 24.1 Å². The molecule has 2 heterocycles. The van der Waals surface area contributed by atoms with Crippen LogP contribution in [-0.2, 0) is 21.2 Å². The highest BCUT2D eigenvalue weighted by Gasteiger charge is 2.41.